The minimum atomic E-state index is -0.265. The van der Waals surface area contributed by atoms with Crippen LogP contribution in [0.3, 0.4) is 0 Å². The molecule has 0 aromatic heterocycles. The van der Waals surface area contributed by atoms with E-state index in [-0.39, 0.29) is 5.97 Å². The summed E-state index contributed by atoms with van der Waals surface area (Å²) >= 11 is 0. The Morgan fingerprint density at radius 2 is 2.14 bits per heavy atom. The molecule has 1 aliphatic rings. The zero-order valence-electron chi connectivity index (χ0n) is 9.01. The van der Waals surface area contributed by atoms with Crippen molar-refractivity contribution in [2.24, 2.45) is 0 Å². The van der Waals surface area contributed by atoms with Crippen molar-refractivity contribution in [2.45, 2.75) is 39.0 Å². The number of carbonyl (C=O) groups is 1. The van der Waals surface area contributed by atoms with Crippen LogP contribution in [0.25, 0.3) is 0 Å². The number of rotatable bonds is 3. The standard InChI is InChI=1S/C12H18O2/c1-10-6-3-4-7-11(10)8-5-9-12(13)14-2/h5,9H,3-4,6-8H2,1-2H3/b9-5+. The largest absolute Gasteiger partial charge is 0.466 e. The van der Waals surface area contributed by atoms with Gasteiger partial charge in [0, 0.05) is 6.08 Å². The van der Waals surface area contributed by atoms with Gasteiger partial charge in [-0.05, 0) is 39.0 Å². The molecule has 14 heavy (non-hydrogen) atoms. The van der Waals surface area contributed by atoms with Crippen molar-refractivity contribution in [1.29, 1.82) is 0 Å². The van der Waals surface area contributed by atoms with Gasteiger partial charge in [0.2, 0.25) is 0 Å². The maximum atomic E-state index is 10.8. The number of methoxy groups -OCH3 is 1. The lowest BCUT2D eigenvalue weighted by atomic mass is 9.91. The highest BCUT2D eigenvalue weighted by molar-refractivity contribution is 5.81. The maximum absolute atomic E-state index is 10.8. The molecule has 0 saturated heterocycles. The highest BCUT2D eigenvalue weighted by atomic mass is 16.5. The fourth-order valence-electron chi connectivity index (χ4n) is 1.76. The van der Waals surface area contributed by atoms with E-state index < -0.39 is 0 Å². The molecule has 0 aromatic carbocycles. The second-order valence-electron chi connectivity index (χ2n) is 3.72. The number of hydrogen-bond donors (Lipinski definition) is 0. The summed E-state index contributed by atoms with van der Waals surface area (Å²) in [5, 5.41) is 0. The molecule has 0 heterocycles. The second-order valence-corrected chi connectivity index (χ2v) is 3.72. The first-order valence-corrected chi connectivity index (χ1v) is 5.16. The van der Waals surface area contributed by atoms with Gasteiger partial charge in [-0.1, -0.05) is 17.2 Å². The summed E-state index contributed by atoms with van der Waals surface area (Å²) in [4.78, 5) is 10.8. The topological polar surface area (TPSA) is 26.3 Å². The molecule has 0 fully saturated rings. The molecular formula is C12H18O2. The summed E-state index contributed by atoms with van der Waals surface area (Å²) in [6.07, 6.45) is 9.33. The zero-order chi connectivity index (χ0) is 10.4. The summed E-state index contributed by atoms with van der Waals surface area (Å²) in [5.74, 6) is -0.265. The smallest absolute Gasteiger partial charge is 0.330 e. The van der Waals surface area contributed by atoms with Crippen molar-refractivity contribution < 1.29 is 9.53 Å². The lowest BCUT2D eigenvalue weighted by molar-refractivity contribution is -0.134. The Labute approximate surface area is 85.6 Å². The van der Waals surface area contributed by atoms with Gasteiger partial charge >= 0.3 is 5.97 Å². The number of ether oxygens (including phenoxy) is 1. The SMILES string of the molecule is COC(=O)/C=C/CC1=C(C)CCCC1. The third-order valence-electron chi connectivity index (χ3n) is 2.70. The van der Waals surface area contributed by atoms with E-state index in [1.165, 1.54) is 50.0 Å². The van der Waals surface area contributed by atoms with Crippen LogP contribution in [0.5, 0.6) is 0 Å². The Kier molecular flexibility index (Phi) is 4.44. The van der Waals surface area contributed by atoms with Gasteiger partial charge < -0.3 is 4.74 Å². The maximum Gasteiger partial charge on any atom is 0.330 e. The lowest BCUT2D eigenvalue weighted by Gasteiger charge is -2.15. The van der Waals surface area contributed by atoms with Gasteiger partial charge in [0.05, 0.1) is 7.11 Å². The number of hydrogen-bond acceptors (Lipinski definition) is 2. The number of allylic oxidation sites excluding steroid dienone is 3. The molecule has 0 N–H and O–H groups in total. The van der Waals surface area contributed by atoms with Crippen LogP contribution in [0.1, 0.15) is 39.0 Å². The van der Waals surface area contributed by atoms with Crippen LogP contribution in [0.2, 0.25) is 0 Å². The van der Waals surface area contributed by atoms with Gasteiger partial charge in [0.25, 0.3) is 0 Å². The highest BCUT2D eigenvalue weighted by Crippen LogP contribution is 2.26. The molecule has 0 aromatic rings. The molecule has 1 rings (SSSR count). The molecular weight excluding hydrogens is 176 g/mol. The Morgan fingerprint density at radius 1 is 1.43 bits per heavy atom. The number of esters is 1. The second kappa shape index (κ2) is 5.63. The molecule has 0 bridgehead atoms. The van der Waals surface area contributed by atoms with Crippen molar-refractivity contribution >= 4 is 5.97 Å². The van der Waals surface area contributed by atoms with Crippen molar-refractivity contribution in [3.8, 4) is 0 Å². The lowest BCUT2D eigenvalue weighted by Crippen LogP contribution is -1.97. The Balaban J connectivity index is 2.44. The predicted molar refractivity (Wildman–Crippen MR) is 56.9 cm³/mol. The summed E-state index contributed by atoms with van der Waals surface area (Å²) in [6, 6.07) is 0. The van der Waals surface area contributed by atoms with Gasteiger partial charge in [0.1, 0.15) is 0 Å². The van der Waals surface area contributed by atoms with Crippen LogP contribution < -0.4 is 0 Å². The molecule has 0 unspecified atom stereocenters. The monoisotopic (exact) mass is 194 g/mol. The van der Waals surface area contributed by atoms with Crippen molar-refractivity contribution in [1.82, 2.24) is 0 Å². The van der Waals surface area contributed by atoms with E-state index in [1.54, 1.807) is 0 Å². The van der Waals surface area contributed by atoms with E-state index in [0.717, 1.165) is 6.42 Å². The fraction of sp³-hybridized carbons (Fsp3) is 0.583. The third-order valence-corrected chi connectivity index (χ3v) is 2.70. The predicted octanol–water partition coefficient (Wildman–Crippen LogP) is 3.00. The van der Waals surface area contributed by atoms with Gasteiger partial charge in [0.15, 0.2) is 0 Å². The summed E-state index contributed by atoms with van der Waals surface area (Å²) < 4.78 is 4.52. The van der Waals surface area contributed by atoms with Gasteiger partial charge in [-0.2, -0.15) is 0 Å². The molecule has 2 nitrogen and oxygen atoms in total. The van der Waals surface area contributed by atoms with Crippen molar-refractivity contribution in [3.63, 3.8) is 0 Å². The normalized spacial score (nSPS) is 17.6. The minimum Gasteiger partial charge on any atom is -0.466 e. The zero-order valence-corrected chi connectivity index (χ0v) is 9.01. The summed E-state index contributed by atoms with van der Waals surface area (Å²) in [5.41, 5.74) is 3.00. The average Bonchev–Trinajstić information content (AvgIpc) is 2.20. The fourth-order valence-corrected chi connectivity index (χ4v) is 1.76. The molecule has 78 valence electrons. The van der Waals surface area contributed by atoms with E-state index in [4.69, 9.17) is 0 Å². The molecule has 0 aliphatic heterocycles. The molecule has 0 atom stereocenters. The Bertz CT molecular complexity index is 261. The van der Waals surface area contributed by atoms with Crippen LogP contribution in [0.15, 0.2) is 23.3 Å². The van der Waals surface area contributed by atoms with E-state index in [9.17, 15) is 4.79 Å². The summed E-state index contributed by atoms with van der Waals surface area (Å²) in [7, 11) is 1.40. The van der Waals surface area contributed by atoms with Crippen molar-refractivity contribution in [2.75, 3.05) is 7.11 Å². The third kappa shape index (κ3) is 3.36. The van der Waals surface area contributed by atoms with Gasteiger partial charge in [-0.15, -0.1) is 0 Å². The molecule has 2 heteroatoms. The van der Waals surface area contributed by atoms with Crippen LogP contribution in [0.4, 0.5) is 0 Å². The van der Waals surface area contributed by atoms with Crippen LogP contribution in [-0.4, -0.2) is 13.1 Å². The van der Waals surface area contributed by atoms with Gasteiger partial charge in [-0.25, -0.2) is 4.79 Å². The first-order valence-electron chi connectivity index (χ1n) is 5.16. The Hall–Kier alpha value is -1.05. The van der Waals surface area contributed by atoms with Crippen molar-refractivity contribution in [3.05, 3.63) is 23.3 Å². The quantitative estimate of drug-likeness (QED) is 0.392. The minimum absolute atomic E-state index is 0.265. The molecule has 0 radical (unpaired) electrons. The van der Waals surface area contributed by atoms with E-state index in [0.29, 0.717) is 0 Å². The molecule has 1 aliphatic carbocycles. The average molecular weight is 194 g/mol. The molecule has 0 spiro atoms. The van der Waals surface area contributed by atoms with E-state index in [1.807, 2.05) is 6.08 Å². The van der Waals surface area contributed by atoms with E-state index in [2.05, 4.69) is 11.7 Å². The molecule has 0 amide bonds. The Morgan fingerprint density at radius 3 is 2.79 bits per heavy atom. The van der Waals surface area contributed by atoms with Crippen LogP contribution in [-0.2, 0) is 9.53 Å². The first kappa shape index (κ1) is 11.0. The van der Waals surface area contributed by atoms with Gasteiger partial charge in [-0.3, -0.25) is 0 Å². The molecule has 0 saturated carbocycles. The van der Waals surface area contributed by atoms with E-state index >= 15 is 0 Å². The highest BCUT2D eigenvalue weighted by Gasteiger charge is 2.07. The summed E-state index contributed by atoms with van der Waals surface area (Å²) in [6.45, 7) is 2.19. The van der Waals surface area contributed by atoms with Crippen LogP contribution >= 0.6 is 0 Å². The van der Waals surface area contributed by atoms with Crippen LogP contribution in [0, 0.1) is 0 Å². The first-order chi connectivity index (χ1) is 6.74. The number of carbonyl (C=O) groups excluding carboxylic acids is 1.